The fourth-order valence-electron chi connectivity index (χ4n) is 1.84. The lowest BCUT2D eigenvalue weighted by molar-refractivity contribution is -0.154. The number of allylic oxidation sites excluding steroid dienone is 2. The van der Waals surface area contributed by atoms with E-state index in [0.717, 1.165) is 8.96 Å². The molecule has 1 heterocycles. The van der Waals surface area contributed by atoms with Crippen molar-refractivity contribution >= 4 is 43.8 Å². The first kappa shape index (κ1) is 11.1. The van der Waals surface area contributed by atoms with E-state index in [0.29, 0.717) is 6.42 Å². The van der Waals surface area contributed by atoms with Crippen molar-refractivity contribution in [1.82, 2.24) is 0 Å². The van der Waals surface area contributed by atoms with Crippen molar-refractivity contribution in [2.24, 2.45) is 11.3 Å². The number of ether oxygens (including phenoxy) is 1. The summed E-state index contributed by atoms with van der Waals surface area (Å²) in [6, 6.07) is 0. The highest BCUT2D eigenvalue weighted by Gasteiger charge is 2.54. The molecule has 80 valence electrons. The molecule has 0 radical (unpaired) electrons. The van der Waals surface area contributed by atoms with E-state index < -0.39 is 23.3 Å². The van der Waals surface area contributed by atoms with Gasteiger partial charge in [-0.3, -0.25) is 9.59 Å². The van der Waals surface area contributed by atoms with Crippen molar-refractivity contribution in [3.63, 3.8) is 0 Å². The Bertz CT molecular complexity index is 407. The van der Waals surface area contributed by atoms with E-state index in [2.05, 4.69) is 36.6 Å². The molecule has 1 aliphatic heterocycles. The quantitative estimate of drug-likeness (QED) is 0.505. The molecule has 0 N–H and O–H groups in total. The summed E-state index contributed by atoms with van der Waals surface area (Å²) in [5.41, 5.74) is 0.180. The zero-order chi connectivity index (χ0) is 11.2. The molecule has 1 saturated heterocycles. The molecule has 1 aliphatic carbocycles. The van der Waals surface area contributed by atoms with Crippen molar-refractivity contribution < 1.29 is 14.3 Å². The Balaban J connectivity index is 2.46. The van der Waals surface area contributed by atoms with Crippen LogP contribution in [-0.4, -0.2) is 11.9 Å². The number of halogens is 2. The highest BCUT2D eigenvalue weighted by atomic mass is 79.9. The fourth-order valence-corrected chi connectivity index (χ4v) is 2.43. The van der Waals surface area contributed by atoms with Gasteiger partial charge in [0.25, 0.3) is 0 Å². The number of hydrogen-bond acceptors (Lipinski definition) is 3. The van der Waals surface area contributed by atoms with Gasteiger partial charge in [0.1, 0.15) is 0 Å². The van der Waals surface area contributed by atoms with E-state index in [9.17, 15) is 9.59 Å². The van der Waals surface area contributed by atoms with Crippen LogP contribution in [0.4, 0.5) is 0 Å². The number of carbonyl (C=O) groups is 2. The fraction of sp³-hybridized carbons (Fsp3) is 0.400. The molecular weight excluding hydrogens is 328 g/mol. The van der Waals surface area contributed by atoms with Gasteiger partial charge in [-0.2, -0.15) is 0 Å². The Labute approximate surface area is 104 Å². The smallest absolute Gasteiger partial charge is 0.324 e. The van der Waals surface area contributed by atoms with Crippen molar-refractivity contribution in [1.29, 1.82) is 0 Å². The highest BCUT2D eigenvalue weighted by Crippen LogP contribution is 2.46. The SMILES string of the molecule is CC12C=CC(=C(Br)Br)CC1C(=O)OC2=O. The lowest BCUT2D eigenvalue weighted by Gasteiger charge is -2.26. The van der Waals surface area contributed by atoms with Crippen molar-refractivity contribution in [2.75, 3.05) is 0 Å². The standard InChI is InChI=1S/C10H8Br2O3/c1-10-3-2-5(7(11)12)4-6(10)8(13)15-9(10)14/h2-3,6H,4H2,1H3. The van der Waals surface area contributed by atoms with E-state index in [4.69, 9.17) is 0 Å². The van der Waals surface area contributed by atoms with Crippen LogP contribution in [0.25, 0.3) is 0 Å². The molecule has 2 unspecified atom stereocenters. The largest absolute Gasteiger partial charge is 0.392 e. The average Bonchev–Trinajstić information content (AvgIpc) is 2.38. The predicted molar refractivity (Wildman–Crippen MR) is 61.3 cm³/mol. The van der Waals surface area contributed by atoms with Gasteiger partial charge in [0.15, 0.2) is 0 Å². The van der Waals surface area contributed by atoms with Crippen LogP contribution in [0, 0.1) is 11.3 Å². The van der Waals surface area contributed by atoms with E-state index in [1.165, 1.54) is 0 Å². The third-order valence-corrected chi connectivity index (χ3v) is 3.96. The molecule has 2 atom stereocenters. The van der Waals surface area contributed by atoms with Gasteiger partial charge in [-0.05, 0) is 50.8 Å². The Hall–Kier alpha value is -0.420. The predicted octanol–water partition coefficient (Wildman–Crippen LogP) is 2.65. The zero-order valence-corrected chi connectivity index (χ0v) is 11.1. The number of hydrogen-bond donors (Lipinski definition) is 0. The molecule has 0 aromatic carbocycles. The molecular formula is C10H8Br2O3. The van der Waals surface area contributed by atoms with Crippen LogP contribution in [0.1, 0.15) is 13.3 Å². The van der Waals surface area contributed by atoms with Gasteiger partial charge in [-0.25, -0.2) is 0 Å². The topological polar surface area (TPSA) is 43.4 Å². The van der Waals surface area contributed by atoms with Gasteiger partial charge >= 0.3 is 11.9 Å². The van der Waals surface area contributed by atoms with Crippen molar-refractivity contribution in [3.8, 4) is 0 Å². The normalized spacial score (nSPS) is 34.1. The van der Waals surface area contributed by atoms with Crippen molar-refractivity contribution in [2.45, 2.75) is 13.3 Å². The van der Waals surface area contributed by atoms with Gasteiger partial charge in [0.05, 0.1) is 14.7 Å². The summed E-state index contributed by atoms with van der Waals surface area (Å²) in [6.45, 7) is 1.74. The summed E-state index contributed by atoms with van der Waals surface area (Å²) in [5, 5.41) is 0. The maximum absolute atomic E-state index is 11.5. The molecule has 2 aliphatic rings. The lowest BCUT2D eigenvalue weighted by atomic mass is 9.72. The Kier molecular flexibility index (Phi) is 2.63. The van der Waals surface area contributed by atoms with Crippen LogP contribution in [0.3, 0.4) is 0 Å². The van der Waals surface area contributed by atoms with Crippen LogP contribution in [0.5, 0.6) is 0 Å². The molecule has 5 heteroatoms. The van der Waals surface area contributed by atoms with Crippen LogP contribution < -0.4 is 0 Å². The van der Waals surface area contributed by atoms with Gasteiger partial charge in [0, 0.05) is 0 Å². The Morgan fingerprint density at radius 3 is 2.80 bits per heavy atom. The molecule has 0 spiro atoms. The van der Waals surface area contributed by atoms with Crippen LogP contribution in [-0.2, 0) is 14.3 Å². The number of rotatable bonds is 0. The van der Waals surface area contributed by atoms with E-state index in [1.54, 1.807) is 13.0 Å². The van der Waals surface area contributed by atoms with Gasteiger partial charge in [-0.1, -0.05) is 12.2 Å². The first-order valence-corrected chi connectivity index (χ1v) is 6.03. The maximum Gasteiger partial charge on any atom is 0.324 e. The van der Waals surface area contributed by atoms with Gasteiger partial charge in [0.2, 0.25) is 0 Å². The molecule has 0 aromatic heterocycles. The van der Waals surface area contributed by atoms with E-state index in [1.807, 2.05) is 6.08 Å². The summed E-state index contributed by atoms with van der Waals surface area (Å²) < 4.78 is 5.46. The minimum Gasteiger partial charge on any atom is -0.392 e. The molecule has 0 saturated carbocycles. The van der Waals surface area contributed by atoms with Crippen LogP contribution in [0.15, 0.2) is 21.1 Å². The minimum absolute atomic E-state index is 0.393. The molecule has 3 nitrogen and oxygen atoms in total. The molecule has 0 bridgehead atoms. The second-order valence-electron chi connectivity index (χ2n) is 3.87. The molecule has 2 rings (SSSR count). The number of fused-ring (bicyclic) bond motifs is 1. The van der Waals surface area contributed by atoms with Crippen LogP contribution >= 0.6 is 31.9 Å². The summed E-state index contributed by atoms with van der Waals surface area (Å²) >= 11 is 6.59. The average molecular weight is 336 g/mol. The monoisotopic (exact) mass is 334 g/mol. The first-order chi connectivity index (χ1) is 6.95. The third kappa shape index (κ3) is 1.61. The molecule has 0 aromatic rings. The van der Waals surface area contributed by atoms with Crippen molar-refractivity contribution in [3.05, 3.63) is 21.1 Å². The van der Waals surface area contributed by atoms with E-state index in [-0.39, 0.29) is 0 Å². The molecule has 15 heavy (non-hydrogen) atoms. The zero-order valence-electron chi connectivity index (χ0n) is 7.92. The molecule has 1 fully saturated rings. The Morgan fingerprint density at radius 1 is 1.53 bits per heavy atom. The summed E-state index contributed by atoms with van der Waals surface area (Å²) in [6.07, 6.45) is 4.10. The third-order valence-electron chi connectivity index (χ3n) is 2.94. The van der Waals surface area contributed by atoms with E-state index >= 15 is 0 Å². The number of cyclic esters (lactones) is 2. The number of esters is 2. The Morgan fingerprint density at radius 2 is 2.20 bits per heavy atom. The molecule has 0 amide bonds. The summed E-state index contributed by atoms with van der Waals surface area (Å²) in [5.74, 6) is -1.26. The van der Waals surface area contributed by atoms with Gasteiger partial charge < -0.3 is 4.74 Å². The second kappa shape index (κ2) is 3.56. The van der Waals surface area contributed by atoms with Crippen LogP contribution in [0.2, 0.25) is 0 Å². The second-order valence-corrected chi connectivity index (χ2v) is 6.52. The lowest BCUT2D eigenvalue weighted by Crippen LogP contribution is -2.31. The maximum atomic E-state index is 11.5. The minimum atomic E-state index is -0.782. The highest BCUT2D eigenvalue weighted by molar-refractivity contribution is 9.28. The summed E-state index contributed by atoms with van der Waals surface area (Å²) in [7, 11) is 0. The van der Waals surface area contributed by atoms with Gasteiger partial charge in [-0.15, -0.1) is 0 Å². The first-order valence-electron chi connectivity index (χ1n) is 4.44. The number of carbonyl (C=O) groups excluding carboxylic acids is 2. The summed E-state index contributed by atoms with van der Waals surface area (Å²) in [4.78, 5) is 22.9.